The minimum Gasteiger partial charge on any atom is -0.493 e. The summed E-state index contributed by atoms with van der Waals surface area (Å²) in [5.41, 5.74) is 2.40. The number of hydrogen-bond acceptors (Lipinski definition) is 5. The Hall–Kier alpha value is -3.45. The summed E-state index contributed by atoms with van der Waals surface area (Å²) in [7, 11) is 0. The Bertz CT molecular complexity index is 1150. The van der Waals surface area contributed by atoms with E-state index >= 15 is 0 Å². The molecule has 6 nitrogen and oxygen atoms in total. The highest BCUT2D eigenvalue weighted by molar-refractivity contribution is 5.92. The molecule has 0 saturated carbocycles. The number of amides is 1. The highest BCUT2D eigenvalue weighted by atomic mass is 19.1. The van der Waals surface area contributed by atoms with Gasteiger partial charge in [0.2, 0.25) is 0 Å². The predicted octanol–water partition coefficient (Wildman–Crippen LogP) is 4.47. The predicted molar refractivity (Wildman–Crippen MR) is 139 cm³/mol. The number of halogens is 1. The fraction of sp³-hybridized carbons (Fsp3) is 0.379. The van der Waals surface area contributed by atoms with Crippen LogP contribution in [0.15, 0.2) is 72.9 Å². The molecule has 3 aromatic rings. The summed E-state index contributed by atoms with van der Waals surface area (Å²) in [6.45, 7) is 6.31. The maximum absolute atomic E-state index is 14.1. The lowest BCUT2D eigenvalue weighted by Crippen LogP contribution is -2.46. The highest BCUT2D eigenvalue weighted by Gasteiger charge is 2.25. The van der Waals surface area contributed by atoms with Crippen molar-refractivity contribution >= 4 is 11.6 Å². The van der Waals surface area contributed by atoms with Crippen LogP contribution in [0, 0.1) is 11.7 Å². The number of aromatic nitrogens is 1. The number of likely N-dealkylation sites (tertiary alicyclic amines) is 1. The van der Waals surface area contributed by atoms with Gasteiger partial charge in [-0.15, -0.1) is 0 Å². The molecule has 0 N–H and O–H groups in total. The number of anilines is 1. The monoisotopic (exact) mass is 488 g/mol. The maximum atomic E-state index is 14.1. The van der Waals surface area contributed by atoms with Crippen LogP contribution in [0.4, 0.5) is 10.1 Å². The Morgan fingerprint density at radius 3 is 2.61 bits per heavy atom. The Morgan fingerprint density at radius 1 is 0.972 bits per heavy atom. The van der Waals surface area contributed by atoms with Gasteiger partial charge in [-0.3, -0.25) is 14.7 Å². The molecule has 2 aliphatic heterocycles. The number of piperidine rings is 1. The van der Waals surface area contributed by atoms with Crippen LogP contribution >= 0.6 is 0 Å². The number of pyridine rings is 1. The van der Waals surface area contributed by atoms with E-state index in [1.807, 2.05) is 41.3 Å². The van der Waals surface area contributed by atoms with E-state index in [2.05, 4.69) is 26.9 Å². The number of rotatable bonds is 7. The lowest BCUT2D eigenvalue weighted by Gasteiger charge is -2.36. The molecule has 5 rings (SSSR count). The smallest absolute Gasteiger partial charge is 0.272 e. The summed E-state index contributed by atoms with van der Waals surface area (Å²) in [6.07, 6.45) is 3.69. The van der Waals surface area contributed by atoms with E-state index in [1.165, 1.54) is 11.6 Å². The SMILES string of the molecule is O=C(c1ccccn1)N1CCC[C@@H](COc2cccc(CN3CCN(c4ccccc4F)CC3)c2)C1. The molecule has 0 bridgehead atoms. The summed E-state index contributed by atoms with van der Waals surface area (Å²) in [5.74, 6) is 1.02. The average Bonchev–Trinajstić information content (AvgIpc) is 2.93. The van der Waals surface area contributed by atoms with Gasteiger partial charge in [0.25, 0.3) is 5.91 Å². The second-order valence-electron chi connectivity index (χ2n) is 9.65. The van der Waals surface area contributed by atoms with Crippen molar-refractivity contribution in [3.8, 4) is 5.75 Å². The summed E-state index contributed by atoms with van der Waals surface area (Å²) >= 11 is 0. The molecular weight excluding hydrogens is 455 g/mol. The van der Waals surface area contributed by atoms with Crippen molar-refractivity contribution in [2.24, 2.45) is 5.92 Å². The number of carbonyl (C=O) groups is 1. The van der Waals surface area contributed by atoms with Crippen molar-refractivity contribution in [2.45, 2.75) is 19.4 Å². The van der Waals surface area contributed by atoms with Crippen molar-refractivity contribution in [3.05, 3.63) is 90.0 Å². The van der Waals surface area contributed by atoms with Gasteiger partial charge in [-0.05, 0) is 54.8 Å². The third-order valence-electron chi connectivity index (χ3n) is 7.05. The summed E-state index contributed by atoms with van der Waals surface area (Å²) < 4.78 is 20.3. The van der Waals surface area contributed by atoms with Crippen LogP contribution in [0.25, 0.3) is 0 Å². The van der Waals surface area contributed by atoms with Crippen molar-refractivity contribution in [3.63, 3.8) is 0 Å². The van der Waals surface area contributed by atoms with Gasteiger partial charge in [0.1, 0.15) is 17.3 Å². The Kier molecular flexibility index (Phi) is 7.76. The lowest BCUT2D eigenvalue weighted by molar-refractivity contribution is 0.0627. The highest BCUT2D eigenvalue weighted by Crippen LogP contribution is 2.23. The molecule has 1 aromatic heterocycles. The zero-order valence-electron chi connectivity index (χ0n) is 20.6. The molecule has 0 spiro atoms. The van der Waals surface area contributed by atoms with Gasteiger partial charge >= 0.3 is 0 Å². The first-order valence-corrected chi connectivity index (χ1v) is 12.8. The fourth-order valence-corrected chi connectivity index (χ4v) is 5.10. The lowest BCUT2D eigenvalue weighted by atomic mass is 9.98. The minimum absolute atomic E-state index is 0.00241. The molecule has 2 saturated heterocycles. The van der Waals surface area contributed by atoms with Crippen LogP contribution in [0.3, 0.4) is 0 Å². The Labute approximate surface area is 212 Å². The number of para-hydroxylation sites is 1. The Morgan fingerprint density at radius 2 is 1.81 bits per heavy atom. The van der Waals surface area contributed by atoms with E-state index in [0.29, 0.717) is 30.5 Å². The van der Waals surface area contributed by atoms with Gasteiger partial charge in [-0.25, -0.2) is 4.39 Å². The van der Waals surface area contributed by atoms with Gasteiger partial charge in [0, 0.05) is 57.9 Å². The number of nitrogens with zero attached hydrogens (tertiary/aromatic N) is 4. The van der Waals surface area contributed by atoms with Crippen LogP contribution in [-0.2, 0) is 6.54 Å². The van der Waals surface area contributed by atoms with Crippen molar-refractivity contribution in [1.82, 2.24) is 14.8 Å². The number of hydrogen-bond donors (Lipinski definition) is 0. The molecule has 36 heavy (non-hydrogen) atoms. The second-order valence-corrected chi connectivity index (χ2v) is 9.65. The normalized spacial score (nSPS) is 18.8. The van der Waals surface area contributed by atoms with Crippen molar-refractivity contribution in [2.75, 3.05) is 50.8 Å². The second kappa shape index (κ2) is 11.5. The molecule has 0 unspecified atom stereocenters. The molecule has 2 fully saturated rings. The van der Waals surface area contributed by atoms with Crippen LogP contribution in [0.5, 0.6) is 5.75 Å². The van der Waals surface area contributed by atoms with E-state index in [0.717, 1.165) is 57.9 Å². The van der Waals surface area contributed by atoms with E-state index in [4.69, 9.17) is 4.74 Å². The standard InChI is InChI=1S/C29H33FN4O2/c30-26-10-1-2-12-28(26)33-17-15-32(16-18-33)20-23-7-5-9-25(19-23)36-22-24-8-6-14-34(21-24)29(35)27-11-3-4-13-31-27/h1-5,7,9-13,19,24H,6,8,14-18,20-22H2/t24-/m1/s1. The quantitative estimate of drug-likeness (QED) is 0.491. The van der Waals surface area contributed by atoms with Gasteiger partial charge < -0.3 is 14.5 Å². The summed E-state index contributed by atoms with van der Waals surface area (Å²) in [6, 6.07) is 20.7. The first-order chi connectivity index (χ1) is 17.7. The number of piperazine rings is 1. The van der Waals surface area contributed by atoms with E-state index < -0.39 is 0 Å². The van der Waals surface area contributed by atoms with Gasteiger partial charge in [0.15, 0.2) is 0 Å². The molecule has 0 aliphatic carbocycles. The topological polar surface area (TPSA) is 48.9 Å². The largest absolute Gasteiger partial charge is 0.493 e. The van der Waals surface area contributed by atoms with Gasteiger partial charge in [0.05, 0.1) is 12.3 Å². The fourth-order valence-electron chi connectivity index (χ4n) is 5.10. The first-order valence-electron chi connectivity index (χ1n) is 12.8. The molecule has 1 amide bonds. The summed E-state index contributed by atoms with van der Waals surface area (Å²) in [4.78, 5) is 23.4. The third kappa shape index (κ3) is 6.02. The van der Waals surface area contributed by atoms with E-state index in [9.17, 15) is 9.18 Å². The van der Waals surface area contributed by atoms with Crippen molar-refractivity contribution in [1.29, 1.82) is 0 Å². The maximum Gasteiger partial charge on any atom is 0.272 e. The van der Waals surface area contributed by atoms with Gasteiger partial charge in [-0.2, -0.15) is 0 Å². The van der Waals surface area contributed by atoms with Crippen LogP contribution < -0.4 is 9.64 Å². The molecule has 7 heteroatoms. The zero-order valence-corrected chi connectivity index (χ0v) is 20.6. The molecule has 3 heterocycles. The van der Waals surface area contributed by atoms with Gasteiger partial charge in [-0.1, -0.05) is 30.3 Å². The molecule has 2 aromatic carbocycles. The van der Waals surface area contributed by atoms with Crippen LogP contribution in [0.1, 0.15) is 28.9 Å². The van der Waals surface area contributed by atoms with Crippen LogP contribution in [0.2, 0.25) is 0 Å². The Balaban J connectivity index is 1.10. The zero-order chi connectivity index (χ0) is 24.7. The number of carbonyl (C=O) groups excluding carboxylic acids is 1. The number of benzene rings is 2. The van der Waals surface area contributed by atoms with Crippen LogP contribution in [-0.4, -0.2) is 66.6 Å². The molecule has 2 aliphatic rings. The first kappa shape index (κ1) is 24.3. The van der Waals surface area contributed by atoms with E-state index in [-0.39, 0.29) is 11.7 Å². The van der Waals surface area contributed by atoms with Crippen molar-refractivity contribution < 1.29 is 13.9 Å². The number of ether oxygens (including phenoxy) is 1. The molecule has 0 radical (unpaired) electrons. The average molecular weight is 489 g/mol. The molecule has 1 atom stereocenters. The molecule has 188 valence electrons. The minimum atomic E-state index is -0.155. The molecular formula is C29H33FN4O2. The third-order valence-corrected chi connectivity index (χ3v) is 7.05. The van der Waals surface area contributed by atoms with E-state index in [1.54, 1.807) is 18.3 Å². The summed E-state index contributed by atoms with van der Waals surface area (Å²) in [5, 5.41) is 0.